The number of nitrogens with zero attached hydrogens (tertiary/aromatic N) is 2. The molecule has 3 nitrogen and oxygen atoms in total. The van der Waals surface area contributed by atoms with E-state index in [-0.39, 0.29) is 11.9 Å². The molecule has 0 aliphatic rings. The highest BCUT2D eigenvalue weighted by molar-refractivity contribution is 9.10. The van der Waals surface area contributed by atoms with Crippen molar-refractivity contribution in [1.82, 2.24) is 9.55 Å². The minimum atomic E-state index is -0.320. The van der Waals surface area contributed by atoms with Crippen LogP contribution in [0.3, 0.4) is 0 Å². The number of halogens is 2. The summed E-state index contributed by atoms with van der Waals surface area (Å²) in [6.07, 6.45) is 5.04. The number of aromatic nitrogens is 2. The smallest absolute Gasteiger partial charge is 0.142 e. The molecule has 0 amide bonds. The third-order valence-corrected chi connectivity index (χ3v) is 3.59. The van der Waals surface area contributed by atoms with Gasteiger partial charge in [0.05, 0.1) is 4.47 Å². The summed E-state index contributed by atoms with van der Waals surface area (Å²) in [6.45, 7) is 0. The Balaban J connectivity index is 2.06. The first-order valence-electron chi connectivity index (χ1n) is 5.75. The summed E-state index contributed by atoms with van der Waals surface area (Å²) in [5.41, 5.74) is 6.57. The van der Waals surface area contributed by atoms with Crippen LogP contribution in [0.5, 0.6) is 0 Å². The van der Waals surface area contributed by atoms with Crippen LogP contribution in [0.2, 0.25) is 0 Å². The molecule has 1 atom stereocenters. The van der Waals surface area contributed by atoms with Crippen LogP contribution in [0.25, 0.3) is 0 Å². The summed E-state index contributed by atoms with van der Waals surface area (Å²) in [5.74, 6) is 0.686. The zero-order valence-electron chi connectivity index (χ0n) is 10.1. The third kappa shape index (κ3) is 2.79. The van der Waals surface area contributed by atoms with Gasteiger partial charge in [-0.2, -0.15) is 0 Å². The molecule has 1 unspecified atom stereocenters. The van der Waals surface area contributed by atoms with Gasteiger partial charge in [0.15, 0.2) is 0 Å². The van der Waals surface area contributed by atoms with Gasteiger partial charge in [0.25, 0.3) is 0 Å². The first-order chi connectivity index (χ1) is 8.59. The van der Waals surface area contributed by atoms with E-state index in [9.17, 15) is 4.39 Å². The number of hydrogen-bond acceptors (Lipinski definition) is 2. The highest BCUT2D eigenvalue weighted by Gasteiger charge is 2.14. The maximum absolute atomic E-state index is 13.8. The highest BCUT2D eigenvalue weighted by atomic mass is 79.9. The highest BCUT2D eigenvalue weighted by Crippen LogP contribution is 2.24. The van der Waals surface area contributed by atoms with E-state index in [1.54, 1.807) is 24.4 Å². The van der Waals surface area contributed by atoms with Crippen LogP contribution in [0, 0.1) is 5.82 Å². The predicted molar refractivity (Wildman–Crippen MR) is 72.6 cm³/mol. The molecule has 0 spiro atoms. The van der Waals surface area contributed by atoms with Crippen molar-refractivity contribution in [3.8, 4) is 0 Å². The van der Waals surface area contributed by atoms with Gasteiger partial charge in [-0.25, -0.2) is 9.37 Å². The predicted octanol–water partition coefficient (Wildman–Crippen LogP) is 2.95. The molecule has 18 heavy (non-hydrogen) atoms. The minimum absolute atomic E-state index is 0.273. The Morgan fingerprint density at radius 3 is 2.94 bits per heavy atom. The Labute approximate surface area is 114 Å². The Morgan fingerprint density at radius 1 is 1.50 bits per heavy atom. The van der Waals surface area contributed by atoms with Crippen LogP contribution in [0.15, 0.2) is 35.1 Å². The first kappa shape index (κ1) is 13.2. The van der Waals surface area contributed by atoms with Gasteiger partial charge in [0, 0.05) is 37.5 Å². The molecule has 1 aromatic carbocycles. The molecule has 5 heteroatoms. The molecular weight excluding hydrogens is 297 g/mol. The Morgan fingerprint density at radius 2 is 2.28 bits per heavy atom. The maximum atomic E-state index is 13.8. The lowest BCUT2D eigenvalue weighted by Crippen LogP contribution is -2.14. The van der Waals surface area contributed by atoms with Gasteiger partial charge in [-0.15, -0.1) is 0 Å². The topological polar surface area (TPSA) is 43.8 Å². The van der Waals surface area contributed by atoms with Gasteiger partial charge in [0.2, 0.25) is 0 Å². The quantitative estimate of drug-likeness (QED) is 0.943. The van der Waals surface area contributed by atoms with Gasteiger partial charge < -0.3 is 10.3 Å². The molecule has 2 N–H and O–H groups in total. The van der Waals surface area contributed by atoms with Crippen molar-refractivity contribution in [2.24, 2.45) is 12.8 Å². The van der Waals surface area contributed by atoms with Crippen LogP contribution in [-0.4, -0.2) is 9.55 Å². The lowest BCUT2D eigenvalue weighted by molar-refractivity contribution is 0.552. The molecule has 0 fully saturated rings. The summed E-state index contributed by atoms with van der Waals surface area (Å²) in [4.78, 5) is 4.23. The van der Waals surface area contributed by atoms with Crippen LogP contribution in [0.1, 0.15) is 23.9 Å². The fraction of sp³-hybridized carbons (Fsp3) is 0.308. The van der Waals surface area contributed by atoms with E-state index in [1.165, 1.54) is 0 Å². The molecule has 2 aromatic rings. The second-order valence-corrected chi connectivity index (χ2v) is 5.10. The van der Waals surface area contributed by atoms with E-state index in [2.05, 4.69) is 20.9 Å². The molecule has 0 radical (unpaired) electrons. The van der Waals surface area contributed by atoms with E-state index in [4.69, 9.17) is 5.73 Å². The first-order valence-corrected chi connectivity index (χ1v) is 6.54. The number of hydrogen-bond donors (Lipinski definition) is 1. The van der Waals surface area contributed by atoms with Gasteiger partial charge in [-0.3, -0.25) is 0 Å². The molecule has 1 aromatic heterocycles. The Kier molecular flexibility index (Phi) is 4.14. The number of rotatable bonds is 4. The summed E-state index contributed by atoms with van der Waals surface area (Å²) >= 11 is 3.17. The molecule has 96 valence electrons. The van der Waals surface area contributed by atoms with E-state index >= 15 is 0 Å². The number of aryl methyl sites for hydroxylation is 2. The molecule has 0 aliphatic carbocycles. The molecular formula is C13H15BrFN3. The van der Waals surface area contributed by atoms with Gasteiger partial charge in [-0.1, -0.05) is 12.1 Å². The lowest BCUT2D eigenvalue weighted by atomic mass is 10.0. The largest absolute Gasteiger partial charge is 0.338 e. The number of benzene rings is 1. The van der Waals surface area contributed by atoms with E-state index in [0.29, 0.717) is 16.5 Å². The van der Waals surface area contributed by atoms with E-state index < -0.39 is 0 Å². The maximum Gasteiger partial charge on any atom is 0.142 e. The second kappa shape index (κ2) is 5.63. The zero-order valence-corrected chi connectivity index (χ0v) is 11.7. The molecule has 0 saturated carbocycles. The summed E-state index contributed by atoms with van der Waals surface area (Å²) in [7, 11) is 1.94. The molecule has 0 saturated heterocycles. The van der Waals surface area contributed by atoms with Crippen LogP contribution in [-0.2, 0) is 13.5 Å². The lowest BCUT2D eigenvalue weighted by Gasteiger charge is -2.13. The van der Waals surface area contributed by atoms with Crippen LogP contribution in [0.4, 0.5) is 4.39 Å². The molecule has 1 heterocycles. The van der Waals surface area contributed by atoms with Crippen LogP contribution >= 0.6 is 15.9 Å². The average Bonchev–Trinajstić information content (AvgIpc) is 2.75. The Bertz CT molecular complexity index is 539. The Hall–Kier alpha value is -1.20. The second-order valence-electron chi connectivity index (χ2n) is 4.24. The number of imidazole rings is 1. The molecule has 2 rings (SSSR count). The minimum Gasteiger partial charge on any atom is -0.338 e. The fourth-order valence-electron chi connectivity index (χ4n) is 1.88. The van der Waals surface area contributed by atoms with Crippen molar-refractivity contribution >= 4 is 15.9 Å². The molecule has 0 aliphatic heterocycles. The van der Waals surface area contributed by atoms with Crippen LogP contribution < -0.4 is 5.73 Å². The summed E-state index contributed by atoms with van der Waals surface area (Å²) in [6, 6.07) is 4.87. The monoisotopic (exact) mass is 311 g/mol. The third-order valence-electron chi connectivity index (χ3n) is 2.98. The van der Waals surface area contributed by atoms with Crippen molar-refractivity contribution in [1.29, 1.82) is 0 Å². The van der Waals surface area contributed by atoms with E-state index in [1.807, 2.05) is 17.8 Å². The van der Waals surface area contributed by atoms with Crippen molar-refractivity contribution in [2.45, 2.75) is 18.9 Å². The SMILES string of the molecule is Cn1ccnc1CCC(N)c1cccc(Br)c1F. The molecule has 0 bridgehead atoms. The van der Waals surface area contributed by atoms with Gasteiger partial charge in [0.1, 0.15) is 11.6 Å². The van der Waals surface area contributed by atoms with Gasteiger partial charge in [-0.05, 0) is 28.4 Å². The van der Waals surface area contributed by atoms with E-state index in [0.717, 1.165) is 12.2 Å². The summed E-state index contributed by atoms with van der Waals surface area (Å²) in [5, 5.41) is 0. The number of nitrogens with two attached hydrogens (primary N) is 1. The zero-order chi connectivity index (χ0) is 13.1. The van der Waals surface area contributed by atoms with Crippen molar-refractivity contribution in [3.63, 3.8) is 0 Å². The van der Waals surface area contributed by atoms with Crippen molar-refractivity contribution < 1.29 is 4.39 Å². The standard InChI is InChI=1S/C13H15BrFN3/c1-18-8-7-17-12(18)6-5-11(16)9-3-2-4-10(14)13(9)15/h2-4,7-8,11H,5-6,16H2,1H3. The normalized spacial score (nSPS) is 12.7. The van der Waals surface area contributed by atoms with Gasteiger partial charge >= 0.3 is 0 Å². The van der Waals surface area contributed by atoms with Crippen molar-refractivity contribution in [3.05, 3.63) is 52.3 Å². The fourth-order valence-corrected chi connectivity index (χ4v) is 2.27. The van der Waals surface area contributed by atoms with Crippen molar-refractivity contribution in [2.75, 3.05) is 0 Å². The summed E-state index contributed by atoms with van der Waals surface area (Å²) < 4.78 is 16.2. The average molecular weight is 312 g/mol.